The van der Waals surface area contributed by atoms with Gasteiger partial charge in [0.1, 0.15) is 0 Å². The summed E-state index contributed by atoms with van der Waals surface area (Å²) in [5.41, 5.74) is 13.5. The fourth-order valence-corrected chi connectivity index (χ4v) is 2.44. The lowest BCUT2D eigenvalue weighted by Crippen LogP contribution is -2.30. The molecule has 162 valence electrons. The quantitative estimate of drug-likeness (QED) is 0.564. The number of aliphatic carboxylic acids is 1. The zero-order chi connectivity index (χ0) is 22.9. The van der Waals surface area contributed by atoms with Gasteiger partial charge in [0.05, 0.1) is 6.04 Å². The first-order chi connectivity index (χ1) is 14.0. The molecule has 0 radical (unpaired) electrons. The highest BCUT2D eigenvalue weighted by Gasteiger charge is 2.38. The summed E-state index contributed by atoms with van der Waals surface area (Å²) in [7, 11) is 0. The van der Waals surface area contributed by atoms with Crippen LogP contribution in [0.3, 0.4) is 0 Å². The van der Waals surface area contributed by atoms with Crippen LogP contribution in [0.1, 0.15) is 44.3 Å². The van der Waals surface area contributed by atoms with Crippen LogP contribution in [0, 0.1) is 6.92 Å². The summed E-state index contributed by atoms with van der Waals surface area (Å²) < 4.78 is 31.7. The number of hydrogen-bond donors (Lipinski definition) is 4. The van der Waals surface area contributed by atoms with Gasteiger partial charge in [0, 0.05) is 11.1 Å². The van der Waals surface area contributed by atoms with E-state index in [-0.39, 0.29) is 11.9 Å². The number of carbonyl (C=O) groups is 3. The predicted molar refractivity (Wildman–Crippen MR) is 104 cm³/mol. The molecular formula is C20H22F3N3O4. The third-order valence-electron chi connectivity index (χ3n) is 3.97. The Morgan fingerprint density at radius 3 is 2.13 bits per heavy atom. The molecule has 0 aliphatic carbocycles. The molecule has 2 rings (SSSR count). The Morgan fingerprint density at radius 2 is 1.67 bits per heavy atom. The highest BCUT2D eigenvalue weighted by molar-refractivity contribution is 6.00. The zero-order valence-corrected chi connectivity index (χ0v) is 16.1. The minimum absolute atomic E-state index is 0.174. The van der Waals surface area contributed by atoms with Crippen molar-refractivity contribution in [2.45, 2.75) is 25.6 Å². The Balaban J connectivity index is 0.000000553. The molecule has 2 aromatic rings. The number of amides is 2. The molecule has 0 bridgehead atoms. The second-order valence-electron chi connectivity index (χ2n) is 6.21. The van der Waals surface area contributed by atoms with Crippen LogP contribution in [0.4, 0.5) is 13.2 Å². The number of benzene rings is 2. The summed E-state index contributed by atoms with van der Waals surface area (Å²) in [4.78, 5) is 32.8. The van der Waals surface area contributed by atoms with Crippen LogP contribution < -0.4 is 16.8 Å². The topological polar surface area (TPSA) is 136 Å². The van der Waals surface area contributed by atoms with Crippen molar-refractivity contribution < 1.29 is 32.7 Å². The molecule has 10 heteroatoms. The summed E-state index contributed by atoms with van der Waals surface area (Å²) in [6.45, 7) is 2.24. The van der Waals surface area contributed by atoms with E-state index in [0.717, 1.165) is 11.1 Å². The van der Waals surface area contributed by atoms with E-state index in [4.69, 9.17) is 21.4 Å². The van der Waals surface area contributed by atoms with Gasteiger partial charge in [-0.3, -0.25) is 9.59 Å². The maximum absolute atomic E-state index is 12.5. The van der Waals surface area contributed by atoms with Crippen LogP contribution in [-0.2, 0) is 4.79 Å². The molecule has 0 heterocycles. The number of primary amides is 1. The number of carboxylic acid groups (broad SMARTS) is 1. The summed E-state index contributed by atoms with van der Waals surface area (Å²) in [6, 6.07) is 14.4. The van der Waals surface area contributed by atoms with E-state index in [2.05, 4.69) is 5.32 Å². The van der Waals surface area contributed by atoms with Gasteiger partial charge in [-0.1, -0.05) is 36.4 Å². The summed E-state index contributed by atoms with van der Waals surface area (Å²) in [5, 5.41) is 10.1. The van der Waals surface area contributed by atoms with Crippen molar-refractivity contribution in [1.82, 2.24) is 5.32 Å². The number of carboxylic acids is 1. The van der Waals surface area contributed by atoms with E-state index in [9.17, 15) is 22.8 Å². The minimum Gasteiger partial charge on any atom is -0.475 e. The van der Waals surface area contributed by atoms with Crippen LogP contribution >= 0.6 is 0 Å². The first-order valence-corrected chi connectivity index (χ1v) is 8.73. The van der Waals surface area contributed by atoms with Gasteiger partial charge in [-0.2, -0.15) is 13.2 Å². The molecule has 0 aromatic heterocycles. The van der Waals surface area contributed by atoms with E-state index < -0.39 is 18.1 Å². The molecule has 0 spiro atoms. The third kappa shape index (κ3) is 7.55. The maximum Gasteiger partial charge on any atom is 0.490 e. The molecule has 0 saturated carbocycles. The largest absolute Gasteiger partial charge is 0.490 e. The number of carbonyl (C=O) groups excluding carboxylic acids is 2. The van der Waals surface area contributed by atoms with Gasteiger partial charge in [0.15, 0.2) is 0 Å². The van der Waals surface area contributed by atoms with Crippen LogP contribution in [0.15, 0.2) is 48.5 Å². The van der Waals surface area contributed by atoms with Crippen molar-refractivity contribution >= 4 is 17.8 Å². The number of alkyl halides is 3. The Labute approximate surface area is 170 Å². The first kappa shape index (κ1) is 24.6. The lowest BCUT2D eigenvalue weighted by Gasteiger charge is -2.19. The molecule has 30 heavy (non-hydrogen) atoms. The molecule has 0 saturated heterocycles. The number of nitrogens with two attached hydrogens (primary N) is 2. The molecular weight excluding hydrogens is 403 g/mol. The van der Waals surface area contributed by atoms with Crippen molar-refractivity contribution in [3.63, 3.8) is 0 Å². The van der Waals surface area contributed by atoms with Gasteiger partial charge in [0.2, 0.25) is 5.91 Å². The number of aryl methyl sites for hydroxylation is 1. The van der Waals surface area contributed by atoms with E-state index in [1.807, 2.05) is 30.3 Å². The average Bonchev–Trinajstić information content (AvgIpc) is 2.68. The van der Waals surface area contributed by atoms with Gasteiger partial charge in [0.25, 0.3) is 5.91 Å². The molecule has 0 aliphatic heterocycles. The number of rotatable bonds is 6. The SMILES string of the molecule is Cc1ccc(C(=O)N[C@H](CCN)c2ccccc2)cc1C(N)=O.O=C(O)C(F)(F)F. The number of nitrogens with one attached hydrogen (secondary N) is 1. The Morgan fingerprint density at radius 1 is 1.10 bits per heavy atom. The normalized spacial score (nSPS) is 11.6. The summed E-state index contributed by atoms with van der Waals surface area (Å²) in [5.74, 6) is -3.55. The van der Waals surface area contributed by atoms with Crippen LogP contribution in [0.2, 0.25) is 0 Å². The van der Waals surface area contributed by atoms with E-state index in [1.54, 1.807) is 19.1 Å². The van der Waals surface area contributed by atoms with Crippen molar-refractivity contribution in [2.75, 3.05) is 6.54 Å². The van der Waals surface area contributed by atoms with Gasteiger partial charge >= 0.3 is 12.1 Å². The second-order valence-corrected chi connectivity index (χ2v) is 6.21. The lowest BCUT2D eigenvalue weighted by atomic mass is 10.0. The second kappa shape index (κ2) is 11.0. The molecule has 0 fully saturated rings. The standard InChI is InChI=1S/C18H21N3O2.C2HF3O2/c1-12-7-8-14(11-15(12)17(20)22)18(23)21-16(9-10-19)13-5-3-2-4-6-13;3-2(4,5)1(6)7/h2-8,11,16H,9-10,19H2,1H3,(H2,20,22)(H,21,23);(H,6,7)/t16-;/m1./s1. The molecule has 1 atom stereocenters. The highest BCUT2D eigenvalue weighted by Crippen LogP contribution is 2.18. The fourth-order valence-electron chi connectivity index (χ4n) is 2.44. The van der Waals surface area contributed by atoms with E-state index >= 15 is 0 Å². The van der Waals surface area contributed by atoms with Gasteiger partial charge in [-0.15, -0.1) is 0 Å². The van der Waals surface area contributed by atoms with Crippen molar-refractivity contribution in [3.8, 4) is 0 Å². The van der Waals surface area contributed by atoms with Crippen LogP contribution in [-0.4, -0.2) is 35.6 Å². The minimum atomic E-state index is -5.08. The maximum atomic E-state index is 12.5. The molecule has 7 nitrogen and oxygen atoms in total. The molecule has 2 aromatic carbocycles. The highest BCUT2D eigenvalue weighted by atomic mass is 19.4. The lowest BCUT2D eigenvalue weighted by molar-refractivity contribution is -0.192. The molecule has 0 aliphatic rings. The van der Waals surface area contributed by atoms with E-state index in [0.29, 0.717) is 24.1 Å². The number of halogens is 3. The van der Waals surface area contributed by atoms with Crippen molar-refractivity contribution in [1.29, 1.82) is 0 Å². The molecule has 2 amide bonds. The fraction of sp³-hybridized carbons (Fsp3) is 0.250. The predicted octanol–water partition coefficient (Wildman–Crippen LogP) is 2.55. The number of hydrogen-bond acceptors (Lipinski definition) is 4. The smallest absolute Gasteiger partial charge is 0.475 e. The summed E-state index contributed by atoms with van der Waals surface area (Å²) in [6.07, 6.45) is -4.45. The molecule has 6 N–H and O–H groups in total. The van der Waals surface area contributed by atoms with Gasteiger partial charge in [-0.25, -0.2) is 4.79 Å². The molecule has 0 unspecified atom stereocenters. The average molecular weight is 425 g/mol. The van der Waals surface area contributed by atoms with Gasteiger partial charge < -0.3 is 21.9 Å². The van der Waals surface area contributed by atoms with Crippen molar-refractivity contribution in [3.05, 3.63) is 70.8 Å². The van der Waals surface area contributed by atoms with Crippen LogP contribution in [0.25, 0.3) is 0 Å². The van der Waals surface area contributed by atoms with Gasteiger partial charge in [-0.05, 0) is 43.1 Å². The van der Waals surface area contributed by atoms with E-state index in [1.165, 1.54) is 6.07 Å². The first-order valence-electron chi connectivity index (χ1n) is 8.73. The van der Waals surface area contributed by atoms with Crippen LogP contribution in [0.5, 0.6) is 0 Å². The summed E-state index contributed by atoms with van der Waals surface area (Å²) >= 11 is 0. The van der Waals surface area contributed by atoms with Crippen molar-refractivity contribution in [2.24, 2.45) is 11.5 Å². The third-order valence-corrected chi connectivity index (χ3v) is 3.97. The Bertz CT molecular complexity index is 887. The zero-order valence-electron chi connectivity index (χ0n) is 16.1. The Hall–Kier alpha value is -3.40. The monoisotopic (exact) mass is 425 g/mol. The Kier molecular flexibility index (Phi) is 9.00.